The van der Waals surface area contributed by atoms with Crippen molar-refractivity contribution in [1.29, 1.82) is 0 Å². The summed E-state index contributed by atoms with van der Waals surface area (Å²) in [5.41, 5.74) is 1.29. The van der Waals surface area contributed by atoms with Gasteiger partial charge in [-0.2, -0.15) is 5.10 Å². The number of carbonyl (C=O) groups excluding carboxylic acids is 2. The van der Waals surface area contributed by atoms with E-state index in [4.69, 9.17) is 18.9 Å². The molecule has 10 heteroatoms. The molecular formula is C27H40N4O6. The number of rotatable bonds is 9. The van der Waals surface area contributed by atoms with E-state index in [1.165, 1.54) is 0 Å². The Labute approximate surface area is 218 Å². The van der Waals surface area contributed by atoms with E-state index in [9.17, 15) is 9.59 Å². The Kier molecular flexibility index (Phi) is 8.28. The number of amides is 2. The SMILES string of the molecule is COCCCOc1cc([C@H](C)N(C(=O)[C@H]2CN(C(=O)OC(C)(C)C)CCO2)C2CC2)cc2cnn(C)c12. The molecule has 1 aromatic heterocycles. The maximum absolute atomic E-state index is 13.8. The smallest absolute Gasteiger partial charge is 0.410 e. The van der Waals surface area contributed by atoms with Gasteiger partial charge in [0.1, 0.15) is 16.9 Å². The van der Waals surface area contributed by atoms with Crippen molar-refractivity contribution in [1.82, 2.24) is 19.6 Å². The summed E-state index contributed by atoms with van der Waals surface area (Å²) < 4.78 is 24.5. The van der Waals surface area contributed by atoms with Crippen LogP contribution in [-0.4, -0.2) is 89.3 Å². The Bertz CT molecular complexity index is 1110. The average molecular weight is 517 g/mol. The number of aryl methyl sites for hydroxylation is 1. The second kappa shape index (κ2) is 11.3. The van der Waals surface area contributed by atoms with Crippen LogP contribution in [-0.2, 0) is 26.1 Å². The quantitative estimate of drug-likeness (QED) is 0.469. The summed E-state index contributed by atoms with van der Waals surface area (Å²) in [4.78, 5) is 29.9. The monoisotopic (exact) mass is 516 g/mol. The molecule has 0 N–H and O–H groups in total. The zero-order valence-electron chi connectivity index (χ0n) is 22.9. The fourth-order valence-corrected chi connectivity index (χ4v) is 4.70. The molecule has 2 fully saturated rings. The molecule has 0 spiro atoms. The van der Waals surface area contributed by atoms with Gasteiger partial charge >= 0.3 is 6.09 Å². The first kappa shape index (κ1) is 27.2. The van der Waals surface area contributed by atoms with Crippen molar-refractivity contribution in [2.75, 3.05) is 40.0 Å². The van der Waals surface area contributed by atoms with Crippen molar-refractivity contribution in [3.05, 3.63) is 23.9 Å². The number of nitrogens with zero attached hydrogens (tertiary/aromatic N) is 4. The van der Waals surface area contributed by atoms with Gasteiger partial charge in [0.15, 0.2) is 6.10 Å². The lowest BCUT2D eigenvalue weighted by Gasteiger charge is -2.38. The minimum Gasteiger partial charge on any atom is -0.491 e. The van der Waals surface area contributed by atoms with E-state index in [2.05, 4.69) is 11.2 Å². The van der Waals surface area contributed by atoms with Crippen molar-refractivity contribution < 1.29 is 28.5 Å². The molecule has 204 valence electrons. The summed E-state index contributed by atoms with van der Waals surface area (Å²) in [6.45, 7) is 9.56. The summed E-state index contributed by atoms with van der Waals surface area (Å²) in [6, 6.07) is 4.04. The molecule has 0 unspecified atom stereocenters. The first-order valence-corrected chi connectivity index (χ1v) is 13.1. The second-order valence-corrected chi connectivity index (χ2v) is 10.9. The Hall–Kier alpha value is -2.85. The molecule has 1 saturated carbocycles. The third-order valence-corrected chi connectivity index (χ3v) is 6.66. The molecule has 4 rings (SSSR count). The Balaban J connectivity index is 1.54. The lowest BCUT2D eigenvalue weighted by Crippen LogP contribution is -2.54. The summed E-state index contributed by atoms with van der Waals surface area (Å²) in [5, 5.41) is 5.37. The fourth-order valence-electron chi connectivity index (χ4n) is 4.70. The molecule has 1 aromatic carbocycles. The summed E-state index contributed by atoms with van der Waals surface area (Å²) in [6.07, 6.45) is 3.35. The predicted molar refractivity (Wildman–Crippen MR) is 139 cm³/mol. The largest absolute Gasteiger partial charge is 0.491 e. The normalized spacial score (nSPS) is 19.1. The zero-order chi connectivity index (χ0) is 26.7. The molecular weight excluding hydrogens is 476 g/mol. The van der Waals surface area contributed by atoms with Crippen LogP contribution in [0.15, 0.2) is 18.3 Å². The van der Waals surface area contributed by atoms with Crippen LogP contribution in [0.2, 0.25) is 0 Å². The third kappa shape index (κ3) is 6.54. The number of methoxy groups -OCH3 is 1. The molecule has 1 aliphatic heterocycles. The predicted octanol–water partition coefficient (Wildman–Crippen LogP) is 3.68. The summed E-state index contributed by atoms with van der Waals surface area (Å²) in [5.74, 6) is 0.640. The van der Waals surface area contributed by atoms with Crippen LogP contribution in [0.25, 0.3) is 10.9 Å². The maximum atomic E-state index is 13.8. The van der Waals surface area contributed by atoms with E-state index in [0.29, 0.717) is 26.4 Å². The van der Waals surface area contributed by atoms with Crippen molar-refractivity contribution in [2.45, 2.75) is 70.7 Å². The third-order valence-electron chi connectivity index (χ3n) is 6.66. The highest BCUT2D eigenvalue weighted by Gasteiger charge is 2.42. The van der Waals surface area contributed by atoms with Gasteiger partial charge in [-0.05, 0) is 58.2 Å². The van der Waals surface area contributed by atoms with Crippen LogP contribution in [0, 0.1) is 0 Å². The van der Waals surface area contributed by atoms with Crippen LogP contribution in [0.1, 0.15) is 58.6 Å². The molecule has 2 aromatic rings. The van der Waals surface area contributed by atoms with Crippen LogP contribution >= 0.6 is 0 Å². The molecule has 37 heavy (non-hydrogen) atoms. The molecule has 2 amide bonds. The average Bonchev–Trinajstić information content (AvgIpc) is 3.62. The van der Waals surface area contributed by atoms with E-state index >= 15 is 0 Å². The lowest BCUT2D eigenvalue weighted by atomic mass is 10.0. The minimum absolute atomic E-state index is 0.0999. The maximum Gasteiger partial charge on any atom is 0.410 e. The molecule has 0 bridgehead atoms. The summed E-state index contributed by atoms with van der Waals surface area (Å²) in [7, 11) is 3.57. The highest BCUT2D eigenvalue weighted by atomic mass is 16.6. The fraction of sp³-hybridized carbons (Fsp3) is 0.667. The minimum atomic E-state index is -0.726. The number of ether oxygens (including phenoxy) is 4. The molecule has 2 atom stereocenters. The number of hydrogen-bond acceptors (Lipinski definition) is 7. The first-order valence-electron chi connectivity index (χ1n) is 13.1. The van der Waals surface area contributed by atoms with Gasteiger partial charge in [0.2, 0.25) is 0 Å². The molecule has 0 radical (unpaired) electrons. The lowest BCUT2D eigenvalue weighted by molar-refractivity contribution is -0.151. The molecule has 2 aliphatic rings. The first-order chi connectivity index (χ1) is 17.6. The number of fused-ring (bicyclic) bond motifs is 1. The number of benzene rings is 1. The van der Waals surface area contributed by atoms with Crippen molar-refractivity contribution >= 4 is 22.9 Å². The van der Waals surface area contributed by atoms with Gasteiger partial charge in [-0.15, -0.1) is 0 Å². The Morgan fingerprint density at radius 1 is 1.24 bits per heavy atom. The Morgan fingerprint density at radius 3 is 2.68 bits per heavy atom. The summed E-state index contributed by atoms with van der Waals surface area (Å²) >= 11 is 0. The van der Waals surface area contributed by atoms with E-state index in [-0.39, 0.29) is 24.5 Å². The molecule has 1 saturated heterocycles. The number of hydrogen-bond donors (Lipinski definition) is 0. The van der Waals surface area contributed by atoms with Crippen molar-refractivity contribution in [3.63, 3.8) is 0 Å². The van der Waals surface area contributed by atoms with Gasteiger partial charge in [0.05, 0.1) is 32.0 Å². The number of morpholine rings is 1. The molecule has 1 aliphatic carbocycles. The topological polar surface area (TPSA) is 95.4 Å². The highest BCUT2D eigenvalue weighted by Crippen LogP contribution is 2.38. The number of carbonyl (C=O) groups is 2. The Morgan fingerprint density at radius 2 is 2.00 bits per heavy atom. The zero-order valence-corrected chi connectivity index (χ0v) is 22.9. The van der Waals surface area contributed by atoms with Gasteiger partial charge in [-0.1, -0.05) is 0 Å². The van der Waals surface area contributed by atoms with Crippen molar-refractivity contribution in [2.24, 2.45) is 7.05 Å². The van der Waals surface area contributed by atoms with E-state index < -0.39 is 17.8 Å². The highest BCUT2D eigenvalue weighted by molar-refractivity contribution is 5.87. The van der Waals surface area contributed by atoms with Crippen LogP contribution in [0.3, 0.4) is 0 Å². The van der Waals surface area contributed by atoms with Gasteiger partial charge in [-0.3, -0.25) is 9.48 Å². The number of aromatic nitrogens is 2. The van der Waals surface area contributed by atoms with E-state index in [1.54, 1.807) is 16.7 Å². The van der Waals surface area contributed by atoms with Gasteiger partial charge in [0.25, 0.3) is 5.91 Å². The van der Waals surface area contributed by atoms with Gasteiger partial charge in [0, 0.05) is 45.2 Å². The van der Waals surface area contributed by atoms with Crippen LogP contribution < -0.4 is 4.74 Å². The van der Waals surface area contributed by atoms with Gasteiger partial charge in [-0.25, -0.2) is 4.79 Å². The molecule has 10 nitrogen and oxygen atoms in total. The van der Waals surface area contributed by atoms with Crippen LogP contribution in [0.4, 0.5) is 4.79 Å². The second-order valence-electron chi connectivity index (χ2n) is 10.9. The van der Waals surface area contributed by atoms with Gasteiger partial charge < -0.3 is 28.7 Å². The van der Waals surface area contributed by atoms with Crippen LogP contribution in [0.5, 0.6) is 5.75 Å². The standard InChI is InChI=1S/C27H40N4O6/c1-18(19-14-20-16-28-29(5)24(20)22(15-19)35-12-7-11-34-6)31(21-8-9-21)25(32)23-17-30(10-13-36-23)26(33)37-27(2,3)4/h14-16,18,21,23H,7-13,17H2,1-6H3/t18-,23+/m0/s1. The van der Waals surface area contributed by atoms with E-state index in [1.807, 2.05) is 51.9 Å². The van der Waals surface area contributed by atoms with Crippen molar-refractivity contribution in [3.8, 4) is 5.75 Å². The van der Waals surface area contributed by atoms with E-state index in [0.717, 1.165) is 41.5 Å². The molecule has 2 heterocycles.